The Balaban J connectivity index is 2.66. The lowest BCUT2D eigenvalue weighted by molar-refractivity contribution is -0.136. The maximum absolute atomic E-state index is 11.1. The Hall–Kier alpha value is -0.260. The molecule has 0 radical (unpaired) electrons. The van der Waals surface area contributed by atoms with Crippen LogP contribution < -0.4 is 0 Å². The standard InChI is InChI=1S/C8H11IO3/c1-5-7(8(10)11-2)3-6(4-9)12-5/h6H,3-4H2,1-2H3/t6-/m1/s1. The largest absolute Gasteiger partial charge is 0.493 e. The van der Waals surface area contributed by atoms with E-state index in [0.717, 1.165) is 4.43 Å². The zero-order valence-electron chi connectivity index (χ0n) is 7.09. The topological polar surface area (TPSA) is 35.5 Å². The van der Waals surface area contributed by atoms with Gasteiger partial charge in [-0.1, -0.05) is 22.6 Å². The Morgan fingerprint density at radius 3 is 2.92 bits per heavy atom. The van der Waals surface area contributed by atoms with Crippen LogP contribution in [-0.4, -0.2) is 23.6 Å². The van der Waals surface area contributed by atoms with Crippen molar-refractivity contribution in [2.24, 2.45) is 0 Å². The van der Waals surface area contributed by atoms with Gasteiger partial charge in [0.2, 0.25) is 0 Å². The summed E-state index contributed by atoms with van der Waals surface area (Å²) in [5, 5.41) is 0. The molecule has 0 saturated carbocycles. The molecule has 0 aromatic carbocycles. The van der Waals surface area contributed by atoms with E-state index in [1.165, 1.54) is 7.11 Å². The van der Waals surface area contributed by atoms with Gasteiger partial charge in [0.15, 0.2) is 0 Å². The molecule has 1 atom stereocenters. The zero-order valence-corrected chi connectivity index (χ0v) is 9.25. The number of carbonyl (C=O) groups is 1. The molecule has 0 unspecified atom stereocenters. The average Bonchev–Trinajstić information content (AvgIpc) is 2.45. The molecular formula is C8H11IO3. The lowest BCUT2D eigenvalue weighted by Gasteiger charge is -2.05. The third-order valence-electron chi connectivity index (χ3n) is 1.80. The van der Waals surface area contributed by atoms with Gasteiger partial charge in [-0.15, -0.1) is 0 Å². The van der Waals surface area contributed by atoms with E-state index in [1.54, 1.807) is 6.92 Å². The Bertz CT molecular complexity index is 222. The number of alkyl halides is 1. The second-order valence-electron chi connectivity index (χ2n) is 2.62. The molecule has 1 aliphatic heterocycles. The van der Waals surface area contributed by atoms with Crippen molar-refractivity contribution in [3.05, 3.63) is 11.3 Å². The van der Waals surface area contributed by atoms with Gasteiger partial charge in [0, 0.05) is 10.8 Å². The summed E-state index contributed by atoms with van der Waals surface area (Å²) in [5.41, 5.74) is 0.680. The molecule has 12 heavy (non-hydrogen) atoms. The first kappa shape index (κ1) is 9.83. The van der Waals surface area contributed by atoms with Crippen molar-refractivity contribution in [1.29, 1.82) is 0 Å². The van der Waals surface area contributed by atoms with Crippen LogP contribution in [0, 0.1) is 0 Å². The number of hydrogen-bond acceptors (Lipinski definition) is 3. The lowest BCUT2D eigenvalue weighted by Crippen LogP contribution is -2.09. The monoisotopic (exact) mass is 282 g/mol. The van der Waals surface area contributed by atoms with Crippen LogP contribution >= 0.6 is 22.6 Å². The van der Waals surface area contributed by atoms with Gasteiger partial charge in [-0.25, -0.2) is 4.79 Å². The first-order valence-corrected chi connectivity index (χ1v) is 5.22. The van der Waals surface area contributed by atoms with Gasteiger partial charge in [-0.2, -0.15) is 0 Å². The van der Waals surface area contributed by atoms with Gasteiger partial charge in [0.1, 0.15) is 11.9 Å². The van der Waals surface area contributed by atoms with Crippen LogP contribution in [0.4, 0.5) is 0 Å². The summed E-state index contributed by atoms with van der Waals surface area (Å²) in [5.74, 6) is 0.448. The van der Waals surface area contributed by atoms with E-state index in [9.17, 15) is 4.79 Å². The minimum absolute atomic E-state index is 0.152. The first-order chi connectivity index (χ1) is 5.69. The number of rotatable bonds is 2. The third kappa shape index (κ3) is 1.91. The van der Waals surface area contributed by atoms with Gasteiger partial charge in [-0.3, -0.25) is 0 Å². The second kappa shape index (κ2) is 4.11. The van der Waals surface area contributed by atoms with Crippen molar-refractivity contribution in [3.8, 4) is 0 Å². The predicted molar refractivity (Wildman–Crippen MR) is 53.1 cm³/mol. The van der Waals surface area contributed by atoms with Crippen LogP contribution in [0.25, 0.3) is 0 Å². The highest BCUT2D eigenvalue weighted by Crippen LogP contribution is 2.26. The summed E-state index contributed by atoms with van der Waals surface area (Å²) in [6, 6.07) is 0. The molecule has 0 saturated heterocycles. The highest BCUT2D eigenvalue weighted by atomic mass is 127. The number of methoxy groups -OCH3 is 1. The molecule has 1 rings (SSSR count). The van der Waals surface area contributed by atoms with E-state index in [-0.39, 0.29) is 12.1 Å². The maximum Gasteiger partial charge on any atom is 0.337 e. The number of hydrogen-bond donors (Lipinski definition) is 0. The van der Waals surface area contributed by atoms with Crippen molar-refractivity contribution in [2.75, 3.05) is 11.5 Å². The average molecular weight is 282 g/mol. The lowest BCUT2D eigenvalue weighted by atomic mass is 10.1. The minimum Gasteiger partial charge on any atom is -0.493 e. The van der Waals surface area contributed by atoms with Crippen LogP contribution in [0.2, 0.25) is 0 Å². The van der Waals surface area contributed by atoms with E-state index >= 15 is 0 Å². The molecule has 68 valence electrons. The van der Waals surface area contributed by atoms with Gasteiger partial charge >= 0.3 is 5.97 Å². The summed E-state index contributed by atoms with van der Waals surface area (Å²) in [7, 11) is 1.39. The fraction of sp³-hybridized carbons (Fsp3) is 0.625. The van der Waals surface area contributed by atoms with Crippen LogP contribution in [-0.2, 0) is 14.3 Å². The number of ether oxygens (including phenoxy) is 2. The number of carbonyl (C=O) groups excluding carboxylic acids is 1. The Kier molecular flexibility index (Phi) is 3.37. The normalized spacial score (nSPS) is 22.4. The Morgan fingerprint density at radius 1 is 1.83 bits per heavy atom. The summed E-state index contributed by atoms with van der Waals surface area (Å²) in [4.78, 5) is 11.1. The van der Waals surface area contributed by atoms with E-state index in [4.69, 9.17) is 4.74 Å². The molecule has 0 spiro atoms. The highest BCUT2D eigenvalue weighted by Gasteiger charge is 2.27. The molecule has 0 aliphatic carbocycles. The second-order valence-corrected chi connectivity index (χ2v) is 3.51. The van der Waals surface area contributed by atoms with E-state index in [2.05, 4.69) is 27.3 Å². The van der Waals surface area contributed by atoms with Crippen molar-refractivity contribution in [3.63, 3.8) is 0 Å². The molecule has 4 heteroatoms. The number of allylic oxidation sites excluding steroid dienone is 1. The van der Waals surface area contributed by atoms with Crippen molar-refractivity contribution >= 4 is 28.6 Å². The molecule has 0 aromatic heterocycles. The molecule has 0 fully saturated rings. The zero-order chi connectivity index (χ0) is 9.14. The Morgan fingerprint density at radius 2 is 2.50 bits per heavy atom. The van der Waals surface area contributed by atoms with Crippen molar-refractivity contribution < 1.29 is 14.3 Å². The van der Waals surface area contributed by atoms with Crippen molar-refractivity contribution in [1.82, 2.24) is 0 Å². The SMILES string of the molecule is COC(=O)C1=C(C)O[C@@H](CI)C1. The minimum atomic E-state index is -0.264. The molecular weight excluding hydrogens is 271 g/mol. The van der Waals surface area contributed by atoms with Gasteiger partial charge < -0.3 is 9.47 Å². The van der Waals surface area contributed by atoms with E-state index < -0.39 is 0 Å². The molecule has 3 nitrogen and oxygen atoms in total. The number of esters is 1. The van der Waals surface area contributed by atoms with Crippen molar-refractivity contribution in [2.45, 2.75) is 19.4 Å². The highest BCUT2D eigenvalue weighted by molar-refractivity contribution is 14.1. The smallest absolute Gasteiger partial charge is 0.337 e. The van der Waals surface area contributed by atoms with E-state index in [1.807, 2.05) is 0 Å². The third-order valence-corrected chi connectivity index (χ3v) is 2.79. The number of halogens is 1. The Labute approximate surface area is 85.2 Å². The molecule has 0 bridgehead atoms. The molecule has 0 amide bonds. The van der Waals surface area contributed by atoms with Crippen LogP contribution in [0.3, 0.4) is 0 Å². The first-order valence-electron chi connectivity index (χ1n) is 3.69. The molecule has 1 heterocycles. The van der Waals surface area contributed by atoms with Crippen LogP contribution in [0.1, 0.15) is 13.3 Å². The van der Waals surface area contributed by atoms with Gasteiger partial charge in [-0.05, 0) is 6.92 Å². The van der Waals surface area contributed by atoms with Crippen LogP contribution in [0.15, 0.2) is 11.3 Å². The summed E-state index contributed by atoms with van der Waals surface area (Å²) in [6.45, 7) is 1.80. The van der Waals surface area contributed by atoms with Crippen LogP contribution in [0.5, 0.6) is 0 Å². The molecule has 1 aliphatic rings. The molecule has 0 N–H and O–H groups in total. The summed E-state index contributed by atoms with van der Waals surface area (Å²) in [6.07, 6.45) is 0.834. The van der Waals surface area contributed by atoms with E-state index in [0.29, 0.717) is 17.8 Å². The fourth-order valence-corrected chi connectivity index (χ4v) is 1.66. The summed E-state index contributed by atoms with van der Waals surface area (Å²) >= 11 is 2.24. The van der Waals surface area contributed by atoms with Gasteiger partial charge in [0.25, 0.3) is 0 Å². The van der Waals surface area contributed by atoms with Gasteiger partial charge in [0.05, 0.1) is 12.7 Å². The molecule has 0 aromatic rings. The summed E-state index contributed by atoms with van der Waals surface area (Å²) < 4.78 is 10.9. The maximum atomic E-state index is 11.1. The fourth-order valence-electron chi connectivity index (χ4n) is 1.17. The predicted octanol–water partition coefficient (Wildman–Crippen LogP) is 1.66. The quantitative estimate of drug-likeness (QED) is 0.439.